The van der Waals surface area contributed by atoms with Crippen LogP contribution in [0, 0.1) is 3.57 Å². The number of rotatable bonds is 2. The number of hydrogen-bond acceptors (Lipinski definition) is 5. The Morgan fingerprint density at radius 3 is 3.06 bits per heavy atom. The molecule has 0 aromatic carbocycles. The molecule has 88 valence electrons. The van der Waals surface area contributed by atoms with Crippen LogP contribution in [0.15, 0.2) is 15.8 Å². The maximum atomic E-state index is 11.5. The van der Waals surface area contributed by atoms with Crippen LogP contribution in [0.5, 0.6) is 0 Å². The highest BCUT2D eigenvalue weighted by Gasteiger charge is 2.27. The summed E-state index contributed by atoms with van der Waals surface area (Å²) in [4.78, 5) is 24.9. The van der Waals surface area contributed by atoms with Crippen molar-refractivity contribution >= 4 is 34.4 Å². The van der Waals surface area contributed by atoms with Crippen molar-refractivity contribution in [2.75, 3.05) is 13.2 Å². The van der Waals surface area contributed by atoms with Crippen LogP contribution in [-0.4, -0.2) is 33.3 Å². The predicted molar refractivity (Wildman–Crippen MR) is 67.5 cm³/mol. The zero-order chi connectivity index (χ0) is 11.7. The predicted octanol–water partition coefficient (Wildman–Crippen LogP) is -0.278. The van der Waals surface area contributed by atoms with Gasteiger partial charge in [0.15, 0.2) is 0 Å². The van der Waals surface area contributed by atoms with Crippen molar-refractivity contribution in [1.29, 1.82) is 0 Å². The van der Waals surface area contributed by atoms with Gasteiger partial charge in [-0.25, -0.2) is 4.79 Å². The number of aliphatic hydroxyl groups excluding tert-OH is 1. The maximum Gasteiger partial charge on any atom is 0.329 e. The molecule has 1 aliphatic heterocycles. The minimum Gasteiger partial charge on any atom is -0.393 e. The van der Waals surface area contributed by atoms with Crippen LogP contribution in [0.25, 0.3) is 0 Å². The lowest BCUT2D eigenvalue weighted by molar-refractivity contribution is 0.0803. The van der Waals surface area contributed by atoms with Crippen molar-refractivity contribution in [1.82, 2.24) is 9.55 Å². The molecule has 0 bridgehead atoms. The Labute approximate surface area is 108 Å². The smallest absolute Gasteiger partial charge is 0.329 e. The largest absolute Gasteiger partial charge is 0.393 e. The van der Waals surface area contributed by atoms with E-state index in [1.165, 1.54) is 22.5 Å². The van der Waals surface area contributed by atoms with Crippen LogP contribution in [0.2, 0.25) is 0 Å². The summed E-state index contributed by atoms with van der Waals surface area (Å²) >= 11 is 3.22. The lowest BCUT2D eigenvalue weighted by atomic mass is 10.6. The molecule has 1 aliphatic rings. The second-order valence-corrected chi connectivity index (χ2v) is 5.68. The highest BCUT2D eigenvalue weighted by Crippen LogP contribution is 2.34. The van der Waals surface area contributed by atoms with E-state index in [1.807, 2.05) is 22.6 Å². The van der Waals surface area contributed by atoms with Gasteiger partial charge in [0.2, 0.25) is 0 Å². The van der Waals surface area contributed by atoms with Crippen molar-refractivity contribution in [3.8, 4) is 0 Å². The Balaban J connectivity index is 2.32. The van der Waals surface area contributed by atoms with E-state index in [4.69, 9.17) is 9.84 Å². The fourth-order valence-electron chi connectivity index (χ4n) is 1.36. The minimum absolute atomic E-state index is 0.0869. The quantitative estimate of drug-likeness (QED) is 0.713. The third kappa shape index (κ3) is 2.34. The summed E-state index contributed by atoms with van der Waals surface area (Å²) in [5.74, 6) is 0. The van der Waals surface area contributed by atoms with Crippen molar-refractivity contribution in [3.63, 3.8) is 0 Å². The molecule has 0 saturated carbocycles. The van der Waals surface area contributed by atoms with Crippen molar-refractivity contribution < 1.29 is 9.84 Å². The summed E-state index contributed by atoms with van der Waals surface area (Å²) in [5, 5.41) is 8.71. The molecule has 1 aromatic rings. The summed E-state index contributed by atoms with van der Waals surface area (Å²) in [6.45, 7) is 0.258. The zero-order valence-electron chi connectivity index (χ0n) is 8.05. The van der Waals surface area contributed by atoms with Gasteiger partial charge in [0.25, 0.3) is 5.56 Å². The molecule has 2 unspecified atom stereocenters. The van der Waals surface area contributed by atoms with Gasteiger partial charge in [-0.05, 0) is 22.6 Å². The van der Waals surface area contributed by atoms with Gasteiger partial charge in [0.05, 0.1) is 16.8 Å². The molecule has 8 heteroatoms. The van der Waals surface area contributed by atoms with E-state index in [2.05, 4.69) is 4.98 Å². The van der Waals surface area contributed by atoms with E-state index in [9.17, 15) is 9.59 Å². The first-order valence-corrected chi connectivity index (χ1v) is 6.53. The molecule has 2 heterocycles. The Kier molecular flexibility index (Phi) is 3.72. The number of nitrogens with zero attached hydrogens (tertiary/aromatic N) is 1. The van der Waals surface area contributed by atoms with Gasteiger partial charge in [-0.15, -0.1) is 11.8 Å². The van der Waals surface area contributed by atoms with Gasteiger partial charge in [0, 0.05) is 6.20 Å². The Morgan fingerprint density at radius 2 is 2.44 bits per heavy atom. The van der Waals surface area contributed by atoms with Crippen molar-refractivity contribution in [3.05, 3.63) is 30.6 Å². The lowest BCUT2D eigenvalue weighted by Gasteiger charge is -2.10. The number of thioether (sulfide) groups is 1. The topological polar surface area (TPSA) is 84.3 Å². The zero-order valence-corrected chi connectivity index (χ0v) is 11.0. The Bertz CT molecular complexity index is 500. The SMILES string of the molecule is O=c1[nH]c(=O)n(C2COC(CO)S2)cc1I. The fourth-order valence-corrected chi connectivity index (χ4v) is 2.83. The number of aliphatic hydroxyl groups is 1. The summed E-state index contributed by atoms with van der Waals surface area (Å²) in [6.07, 6.45) is 1.50. The van der Waals surface area contributed by atoms with Crippen LogP contribution in [-0.2, 0) is 4.74 Å². The van der Waals surface area contributed by atoms with Gasteiger partial charge in [0.1, 0.15) is 10.8 Å². The number of hydrogen-bond donors (Lipinski definition) is 2. The number of aromatic amines is 1. The van der Waals surface area contributed by atoms with Crippen molar-refractivity contribution in [2.45, 2.75) is 10.8 Å². The molecule has 2 atom stereocenters. The second kappa shape index (κ2) is 4.90. The minimum atomic E-state index is -0.454. The number of nitrogens with one attached hydrogen (secondary N) is 1. The average Bonchev–Trinajstić information content (AvgIpc) is 2.71. The highest BCUT2D eigenvalue weighted by atomic mass is 127. The summed E-state index contributed by atoms with van der Waals surface area (Å²) in [6, 6.07) is 0. The summed E-state index contributed by atoms with van der Waals surface area (Å²) < 4.78 is 7.12. The van der Waals surface area contributed by atoms with Gasteiger partial charge in [-0.2, -0.15) is 0 Å². The number of ether oxygens (including phenoxy) is 1. The van der Waals surface area contributed by atoms with Gasteiger partial charge < -0.3 is 9.84 Å². The second-order valence-electron chi connectivity index (χ2n) is 3.18. The molecule has 1 saturated heterocycles. The van der Waals surface area contributed by atoms with E-state index in [0.29, 0.717) is 10.2 Å². The number of H-pyrrole nitrogens is 1. The number of aromatic nitrogens is 2. The van der Waals surface area contributed by atoms with E-state index in [0.717, 1.165) is 0 Å². The van der Waals surface area contributed by atoms with E-state index >= 15 is 0 Å². The molecule has 2 rings (SSSR count). The first kappa shape index (κ1) is 12.1. The molecule has 0 radical (unpaired) electrons. The molecule has 0 aliphatic carbocycles. The Morgan fingerprint density at radius 1 is 1.69 bits per heavy atom. The van der Waals surface area contributed by atoms with E-state index in [-0.39, 0.29) is 23.0 Å². The van der Waals surface area contributed by atoms with Gasteiger partial charge in [-0.3, -0.25) is 14.3 Å². The van der Waals surface area contributed by atoms with Crippen LogP contribution in [0.3, 0.4) is 0 Å². The average molecular weight is 356 g/mol. The molecule has 0 amide bonds. The van der Waals surface area contributed by atoms with Crippen molar-refractivity contribution in [2.24, 2.45) is 0 Å². The van der Waals surface area contributed by atoms with E-state index < -0.39 is 5.69 Å². The molecular weight excluding hydrogens is 347 g/mol. The monoisotopic (exact) mass is 356 g/mol. The van der Waals surface area contributed by atoms with Crippen LogP contribution >= 0.6 is 34.4 Å². The standard InChI is InChI=1S/C8H9IN2O4S/c9-4-1-11(8(14)10-7(4)13)5-3-15-6(2-12)16-5/h1,5-6,12H,2-3H2,(H,10,13,14). The first-order valence-electron chi connectivity index (χ1n) is 4.50. The molecule has 16 heavy (non-hydrogen) atoms. The van der Waals surface area contributed by atoms with Crippen LogP contribution in [0.4, 0.5) is 0 Å². The summed E-state index contributed by atoms with van der Waals surface area (Å²) in [7, 11) is 0. The molecule has 1 fully saturated rings. The third-order valence-electron chi connectivity index (χ3n) is 2.12. The van der Waals surface area contributed by atoms with Crippen LogP contribution < -0.4 is 11.2 Å². The molecule has 6 nitrogen and oxygen atoms in total. The van der Waals surface area contributed by atoms with Gasteiger partial charge >= 0.3 is 5.69 Å². The lowest BCUT2D eigenvalue weighted by Crippen LogP contribution is -2.32. The molecular formula is C8H9IN2O4S. The highest BCUT2D eigenvalue weighted by molar-refractivity contribution is 14.1. The molecule has 0 spiro atoms. The number of halogens is 1. The Hall–Kier alpha value is -0.320. The van der Waals surface area contributed by atoms with Gasteiger partial charge in [-0.1, -0.05) is 0 Å². The summed E-state index contributed by atoms with van der Waals surface area (Å²) in [5.41, 5.74) is -1.14. The molecule has 2 N–H and O–H groups in total. The maximum absolute atomic E-state index is 11.5. The fraction of sp³-hybridized carbons (Fsp3) is 0.500. The van der Waals surface area contributed by atoms with Crippen LogP contribution in [0.1, 0.15) is 5.37 Å². The van der Waals surface area contributed by atoms with E-state index in [1.54, 1.807) is 0 Å². The first-order chi connectivity index (χ1) is 7.61. The molecule has 1 aromatic heterocycles. The normalized spacial score (nSPS) is 24.9. The third-order valence-corrected chi connectivity index (χ3v) is 4.15.